The summed E-state index contributed by atoms with van der Waals surface area (Å²) in [6, 6.07) is 8.25. The van der Waals surface area contributed by atoms with Crippen LogP contribution in [0.1, 0.15) is 30.2 Å². The average molecular weight is 340 g/mol. The van der Waals surface area contributed by atoms with Crippen LogP contribution in [0.4, 0.5) is 0 Å². The predicted molar refractivity (Wildman–Crippen MR) is 84.6 cm³/mol. The van der Waals surface area contributed by atoms with Crippen molar-refractivity contribution in [2.24, 2.45) is 0 Å². The van der Waals surface area contributed by atoms with Crippen molar-refractivity contribution >= 4 is 27.3 Å². The highest BCUT2D eigenvalue weighted by Gasteiger charge is 2.28. The molecule has 0 spiro atoms. The number of thiazole rings is 1. The summed E-state index contributed by atoms with van der Waals surface area (Å²) in [7, 11) is 1.75. The molecule has 0 saturated heterocycles. The van der Waals surface area contributed by atoms with Crippen molar-refractivity contribution in [1.29, 1.82) is 0 Å². The molecule has 2 rings (SSSR count). The normalized spacial score (nSPS) is 14.4. The van der Waals surface area contributed by atoms with Crippen molar-refractivity contribution in [3.63, 3.8) is 0 Å². The lowest BCUT2D eigenvalue weighted by molar-refractivity contribution is -0.00149. The molecule has 0 amide bonds. The third kappa shape index (κ3) is 2.91. The van der Waals surface area contributed by atoms with Gasteiger partial charge in [0.15, 0.2) is 0 Å². The van der Waals surface area contributed by atoms with Crippen LogP contribution in [-0.4, -0.2) is 12.1 Å². The van der Waals surface area contributed by atoms with Gasteiger partial charge in [0, 0.05) is 22.0 Å². The number of rotatable bonds is 4. The van der Waals surface area contributed by atoms with Crippen molar-refractivity contribution in [3.05, 3.63) is 38.6 Å². The van der Waals surface area contributed by atoms with E-state index >= 15 is 0 Å². The molecule has 0 N–H and O–H groups in total. The third-order valence-corrected chi connectivity index (χ3v) is 5.18. The SMILES string of the molecule is CCC(C)(OC)c1nc(-c2cccc(Br)c2)c(C)s1. The molecular weight excluding hydrogens is 322 g/mol. The van der Waals surface area contributed by atoms with Gasteiger partial charge in [-0.05, 0) is 32.4 Å². The quantitative estimate of drug-likeness (QED) is 0.768. The van der Waals surface area contributed by atoms with Gasteiger partial charge in [-0.1, -0.05) is 35.0 Å². The monoisotopic (exact) mass is 339 g/mol. The zero-order valence-corrected chi connectivity index (χ0v) is 14.1. The number of aromatic nitrogens is 1. The van der Waals surface area contributed by atoms with Gasteiger partial charge in [-0.3, -0.25) is 0 Å². The van der Waals surface area contributed by atoms with E-state index in [0.717, 1.165) is 27.2 Å². The zero-order chi connectivity index (χ0) is 14.0. The molecule has 0 aliphatic heterocycles. The largest absolute Gasteiger partial charge is 0.371 e. The number of hydrogen-bond acceptors (Lipinski definition) is 3. The molecule has 0 bridgehead atoms. The van der Waals surface area contributed by atoms with E-state index in [9.17, 15) is 0 Å². The second-order valence-electron chi connectivity index (χ2n) is 4.72. The fourth-order valence-corrected chi connectivity index (χ4v) is 3.44. The summed E-state index contributed by atoms with van der Waals surface area (Å²) < 4.78 is 6.71. The maximum atomic E-state index is 5.64. The highest BCUT2D eigenvalue weighted by Crippen LogP contribution is 2.36. The van der Waals surface area contributed by atoms with E-state index in [1.165, 1.54) is 4.88 Å². The van der Waals surface area contributed by atoms with Gasteiger partial charge >= 0.3 is 0 Å². The Bertz CT molecular complexity index is 575. The molecule has 0 fully saturated rings. The molecule has 0 aliphatic carbocycles. The van der Waals surface area contributed by atoms with E-state index < -0.39 is 0 Å². The number of hydrogen-bond donors (Lipinski definition) is 0. The predicted octanol–water partition coefficient (Wildman–Crippen LogP) is 5.15. The maximum absolute atomic E-state index is 5.64. The summed E-state index contributed by atoms with van der Waals surface area (Å²) in [6.45, 7) is 6.33. The first kappa shape index (κ1) is 14.7. The molecule has 1 aromatic carbocycles. The maximum Gasteiger partial charge on any atom is 0.125 e. The summed E-state index contributed by atoms with van der Waals surface area (Å²) in [5, 5.41) is 1.05. The second-order valence-corrected chi connectivity index (χ2v) is 6.84. The minimum absolute atomic E-state index is 0.292. The van der Waals surface area contributed by atoms with Crippen molar-refractivity contribution < 1.29 is 4.74 Å². The molecule has 4 heteroatoms. The van der Waals surface area contributed by atoms with Crippen molar-refractivity contribution in [2.75, 3.05) is 7.11 Å². The van der Waals surface area contributed by atoms with Crippen molar-refractivity contribution in [2.45, 2.75) is 32.8 Å². The highest BCUT2D eigenvalue weighted by atomic mass is 79.9. The Labute approximate surface area is 127 Å². The molecule has 0 aliphatic rings. The molecule has 2 nitrogen and oxygen atoms in total. The molecule has 1 heterocycles. The van der Waals surface area contributed by atoms with E-state index in [1.807, 2.05) is 12.1 Å². The second kappa shape index (κ2) is 5.73. The highest BCUT2D eigenvalue weighted by molar-refractivity contribution is 9.10. The first-order valence-corrected chi connectivity index (χ1v) is 7.90. The lowest BCUT2D eigenvalue weighted by atomic mass is 10.0. The van der Waals surface area contributed by atoms with E-state index in [2.05, 4.69) is 48.8 Å². The van der Waals surface area contributed by atoms with Gasteiger partial charge in [-0.25, -0.2) is 4.98 Å². The standard InChI is InChI=1S/C15H18BrNOS/c1-5-15(3,18-4)14-17-13(10(2)19-14)11-7-6-8-12(16)9-11/h6-9H,5H2,1-4H3. The summed E-state index contributed by atoms with van der Waals surface area (Å²) in [5.41, 5.74) is 1.90. The van der Waals surface area contributed by atoms with E-state index in [4.69, 9.17) is 9.72 Å². The number of halogens is 1. The molecule has 1 unspecified atom stereocenters. The Balaban J connectivity index is 2.47. The molecule has 102 valence electrons. The first-order chi connectivity index (χ1) is 9.00. The first-order valence-electron chi connectivity index (χ1n) is 6.29. The van der Waals surface area contributed by atoms with E-state index in [0.29, 0.717) is 0 Å². The molecule has 0 saturated carbocycles. The van der Waals surface area contributed by atoms with Crippen LogP contribution in [0.3, 0.4) is 0 Å². The van der Waals surface area contributed by atoms with Crippen molar-refractivity contribution in [1.82, 2.24) is 4.98 Å². The fraction of sp³-hybridized carbons (Fsp3) is 0.400. The summed E-state index contributed by atoms with van der Waals surface area (Å²) in [4.78, 5) is 6.03. The van der Waals surface area contributed by atoms with Crippen LogP contribution in [-0.2, 0) is 10.3 Å². The summed E-state index contributed by atoms with van der Waals surface area (Å²) in [6.07, 6.45) is 0.911. The number of ether oxygens (including phenoxy) is 1. The molecule has 1 aromatic heterocycles. The molecule has 19 heavy (non-hydrogen) atoms. The number of aryl methyl sites for hydroxylation is 1. The van der Waals surface area contributed by atoms with Gasteiger partial charge in [0.2, 0.25) is 0 Å². The topological polar surface area (TPSA) is 22.1 Å². The molecule has 0 radical (unpaired) electrons. The van der Waals surface area contributed by atoms with E-state index in [-0.39, 0.29) is 5.60 Å². The van der Waals surface area contributed by atoms with Crippen LogP contribution in [0.25, 0.3) is 11.3 Å². The summed E-state index contributed by atoms with van der Waals surface area (Å²) in [5.74, 6) is 0. The van der Waals surface area contributed by atoms with Crippen LogP contribution >= 0.6 is 27.3 Å². The van der Waals surface area contributed by atoms with Gasteiger partial charge in [-0.2, -0.15) is 0 Å². The van der Waals surface area contributed by atoms with Gasteiger partial charge in [0.05, 0.1) is 5.69 Å². The minimum atomic E-state index is -0.292. The van der Waals surface area contributed by atoms with Gasteiger partial charge in [0.25, 0.3) is 0 Å². The third-order valence-electron chi connectivity index (χ3n) is 3.47. The minimum Gasteiger partial charge on any atom is -0.371 e. The van der Waals surface area contributed by atoms with Crippen LogP contribution in [0, 0.1) is 6.92 Å². The Hall–Kier alpha value is -0.710. The lowest BCUT2D eigenvalue weighted by Crippen LogP contribution is -2.22. The lowest BCUT2D eigenvalue weighted by Gasteiger charge is -2.23. The number of benzene rings is 1. The van der Waals surface area contributed by atoms with Crippen LogP contribution in [0.5, 0.6) is 0 Å². The Morgan fingerprint density at radius 3 is 2.74 bits per heavy atom. The molecule has 2 aromatic rings. The zero-order valence-electron chi connectivity index (χ0n) is 11.7. The van der Waals surface area contributed by atoms with Gasteiger partial charge < -0.3 is 4.74 Å². The Morgan fingerprint density at radius 2 is 2.16 bits per heavy atom. The van der Waals surface area contributed by atoms with Gasteiger partial charge in [0.1, 0.15) is 10.6 Å². The Kier molecular flexibility index (Phi) is 4.43. The number of methoxy groups -OCH3 is 1. The van der Waals surface area contributed by atoms with E-state index in [1.54, 1.807) is 18.4 Å². The van der Waals surface area contributed by atoms with Crippen LogP contribution < -0.4 is 0 Å². The van der Waals surface area contributed by atoms with Crippen molar-refractivity contribution in [3.8, 4) is 11.3 Å². The average Bonchev–Trinajstić information content (AvgIpc) is 2.80. The molecular formula is C15H18BrNOS. The van der Waals surface area contributed by atoms with Gasteiger partial charge in [-0.15, -0.1) is 11.3 Å². The number of nitrogens with zero attached hydrogens (tertiary/aromatic N) is 1. The smallest absolute Gasteiger partial charge is 0.125 e. The summed E-state index contributed by atoms with van der Waals surface area (Å²) >= 11 is 5.23. The molecule has 1 atom stereocenters. The fourth-order valence-electron chi connectivity index (χ4n) is 1.91. The van der Waals surface area contributed by atoms with Crippen LogP contribution in [0.15, 0.2) is 28.7 Å². The van der Waals surface area contributed by atoms with Crippen LogP contribution in [0.2, 0.25) is 0 Å². The Morgan fingerprint density at radius 1 is 1.42 bits per heavy atom.